The third-order valence-corrected chi connectivity index (χ3v) is 3.40. The number of aromatic nitrogens is 2. The number of anilines is 1. The van der Waals surface area contributed by atoms with Crippen LogP contribution in [0.3, 0.4) is 0 Å². The van der Waals surface area contributed by atoms with Crippen molar-refractivity contribution in [2.24, 2.45) is 7.05 Å². The number of piperazine rings is 1. The first kappa shape index (κ1) is 13.3. The van der Waals surface area contributed by atoms with Gasteiger partial charge in [-0.25, -0.2) is 4.68 Å². The molecule has 1 aliphatic rings. The molecule has 1 aromatic heterocycles. The Morgan fingerprint density at radius 3 is 2.94 bits per heavy atom. The van der Waals surface area contributed by atoms with Crippen molar-refractivity contribution in [1.29, 1.82) is 0 Å². The van der Waals surface area contributed by atoms with Gasteiger partial charge in [0.1, 0.15) is 5.02 Å². The molecule has 2 heterocycles. The molecule has 18 heavy (non-hydrogen) atoms. The molecule has 1 saturated heterocycles. The van der Waals surface area contributed by atoms with Gasteiger partial charge in [-0.2, -0.15) is 5.10 Å². The van der Waals surface area contributed by atoms with E-state index in [0.29, 0.717) is 5.69 Å². The van der Waals surface area contributed by atoms with Crippen molar-refractivity contribution in [2.45, 2.75) is 0 Å². The average Bonchev–Trinajstić information content (AvgIpc) is 2.40. The molecular weight excluding hydrogens is 254 g/mol. The molecule has 2 N–H and O–H groups in total. The summed E-state index contributed by atoms with van der Waals surface area (Å²) in [4.78, 5) is 13.9. The minimum Gasteiger partial charge on any atom is -0.381 e. The Labute approximate surface area is 111 Å². The lowest BCUT2D eigenvalue weighted by Crippen LogP contribution is -2.45. The van der Waals surface area contributed by atoms with Crippen molar-refractivity contribution >= 4 is 17.3 Å². The number of hydrogen-bond acceptors (Lipinski definition) is 5. The molecule has 0 bridgehead atoms. The number of aryl methyl sites for hydroxylation is 1. The first-order valence-corrected chi connectivity index (χ1v) is 6.45. The van der Waals surface area contributed by atoms with Crippen LogP contribution in [-0.4, -0.2) is 53.9 Å². The summed E-state index contributed by atoms with van der Waals surface area (Å²) in [5, 5.41) is 10.6. The highest BCUT2D eigenvalue weighted by Gasteiger charge is 2.10. The molecule has 100 valence electrons. The smallest absolute Gasteiger partial charge is 0.287 e. The summed E-state index contributed by atoms with van der Waals surface area (Å²) in [5.74, 6) is 0. The normalized spacial score (nSPS) is 16.8. The summed E-state index contributed by atoms with van der Waals surface area (Å²) < 4.78 is 1.23. The van der Waals surface area contributed by atoms with Crippen molar-refractivity contribution in [2.75, 3.05) is 44.6 Å². The van der Waals surface area contributed by atoms with Crippen molar-refractivity contribution in [1.82, 2.24) is 20.0 Å². The van der Waals surface area contributed by atoms with Crippen molar-refractivity contribution in [3.05, 3.63) is 21.6 Å². The lowest BCUT2D eigenvalue weighted by atomic mass is 10.3. The molecule has 6 nitrogen and oxygen atoms in total. The van der Waals surface area contributed by atoms with E-state index in [1.54, 1.807) is 13.2 Å². The van der Waals surface area contributed by atoms with Crippen molar-refractivity contribution in [3.8, 4) is 0 Å². The van der Waals surface area contributed by atoms with E-state index < -0.39 is 0 Å². The third-order valence-electron chi connectivity index (χ3n) is 3.03. The van der Waals surface area contributed by atoms with Gasteiger partial charge in [0.25, 0.3) is 5.56 Å². The molecule has 1 aromatic rings. The summed E-state index contributed by atoms with van der Waals surface area (Å²) in [7, 11) is 1.58. The SMILES string of the molecule is Cn1ncc(NCCN2CCNCC2)c(Cl)c1=O. The molecule has 7 heteroatoms. The van der Waals surface area contributed by atoms with Gasteiger partial charge in [-0.3, -0.25) is 9.69 Å². The van der Waals surface area contributed by atoms with Gasteiger partial charge >= 0.3 is 0 Å². The molecule has 0 aliphatic carbocycles. The van der Waals surface area contributed by atoms with E-state index in [1.807, 2.05) is 0 Å². The van der Waals surface area contributed by atoms with Crippen LogP contribution in [-0.2, 0) is 7.05 Å². The topological polar surface area (TPSA) is 62.2 Å². The second-order valence-corrected chi connectivity index (χ2v) is 4.70. The molecule has 0 aromatic carbocycles. The number of hydrogen-bond donors (Lipinski definition) is 2. The summed E-state index contributed by atoms with van der Waals surface area (Å²) in [5.41, 5.74) is 0.332. The van der Waals surface area contributed by atoms with E-state index in [1.165, 1.54) is 4.68 Å². The second kappa shape index (κ2) is 6.17. The Morgan fingerprint density at radius 2 is 2.22 bits per heavy atom. The molecule has 1 fully saturated rings. The molecule has 0 spiro atoms. The van der Waals surface area contributed by atoms with Gasteiger partial charge in [-0.1, -0.05) is 11.6 Å². The number of rotatable bonds is 4. The van der Waals surface area contributed by atoms with Crippen LogP contribution in [0, 0.1) is 0 Å². The van der Waals surface area contributed by atoms with E-state index in [2.05, 4.69) is 20.6 Å². The van der Waals surface area contributed by atoms with Crippen LogP contribution in [0.1, 0.15) is 0 Å². The molecule has 0 saturated carbocycles. The second-order valence-electron chi connectivity index (χ2n) is 4.32. The van der Waals surface area contributed by atoms with Crippen LogP contribution in [0.15, 0.2) is 11.0 Å². The largest absolute Gasteiger partial charge is 0.381 e. The summed E-state index contributed by atoms with van der Waals surface area (Å²) >= 11 is 5.96. The Hall–Kier alpha value is -1.11. The van der Waals surface area contributed by atoms with Gasteiger partial charge in [0, 0.05) is 46.3 Å². The zero-order valence-electron chi connectivity index (χ0n) is 10.4. The summed E-state index contributed by atoms with van der Waals surface area (Å²) in [6.45, 7) is 5.89. The van der Waals surface area contributed by atoms with Crippen LogP contribution in [0.4, 0.5) is 5.69 Å². The summed E-state index contributed by atoms with van der Waals surface area (Å²) in [6, 6.07) is 0. The Kier molecular flexibility index (Phi) is 4.57. The van der Waals surface area contributed by atoms with Gasteiger partial charge in [-0.15, -0.1) is 0 Å². The Morgan fingerprint density at radius 1 is 1.50 bits per heavy atom. The first-order chi connectivity index (χ1) is 8.68. The fraction of sp³-hybridized carbons (Fsp3) is 0.636. The molecule has 0 atom stereocenters. The average molecular weight is 272 g/mol. The van der Waals surface area contributed by atoms with E-state index in [9.17, 15) is 4.79 Å². The standard InChI is InChI=1S/C11H18ClN5O/c1-16-11(18)10(12)9(8-15-16)14-4-7-17-5-2-13-3-6-17/h8,13-14H,2-7H2,1H3. The maximum absolute atomic E-state index is 11.6. The van der Waals surface area contributed by atoms with Crippen molar-refractivity contribution < 1.29 is 0 Å². The van der Waals surface area contributed by atoms with Crippen molar-refractivity contribution in [3.63, 3.8) is 0 Å². The van der Waals surface area contributed by atoms with Gasteiger partial charge in [-0.05, 0) is 0 Å². The minimum absolute atomic E-state index is 0.202. The number of nitrogens with zero attached hydrogens (tertiary/aromatic N) is 3. The predicted molar refractivity (Wildman–Crippen MR) is 72.3 cm³/mol. The molecule has 0 amide bonds. The lowest BCUT2D eigenvalue weighted by Gasteiger charge is -2.27. The fourth-order valence-corrected chi connectivity index (χ4v) is 2.16. The van der Waals surface area contributed by atoms with Gasteiger partial charge < -0.3 is 10.6 Å². The lowest BCUT2D eigenvalue weighted by molar-refractivity contribution is 0.249. The van der Waals surface area contributed by atoms with E-state index in [4.69, 9.17) is 11.6 Å². The van der Waals surface area contributed by atoms with Crippen LogP contribution in [0.2, 0.25) is 5.02 Å². The molecule has 0 radical (unpaired) electrons. The quantitative estimate of drug-likeness (QED) is 0.791. The summed E-state index contributed by atoms with van der Waals surface area (Å²) in [6.07, 6.45) is 1.58. The van der Waals surface area contributed by atoms with Crippen LogP contribution in [0.25, 0.3) is 0 Å². The van der Waals surface area contributed by atoms with Crippen LogP contribution >= 0.6 is 11.6 Å². The van der Waals surface area contributed by atoms with Gasteiger partial charge in [0.05, 0.1) is 11.9 Å². The highest BCUT2D eigenvalue weighted by atomic mass is 35.5. The monoisotopic (exact) mass is 271 g/mol. The van der Waals surface area contributed by atoms with Gasteiger partial charge in [0.2, 0.25) is 0 Å². The minimum atomic E-state index is -0.274. The number of halogens is 1. The number of nitrogens with one attached hydrogen (secondary N) is 2. The zero-order chi connectivity index (χ0) is 13.0. The molecular formula is C11H18ClN5O. The highest BCUT2D eigenvalue weighted by Crippen LogP contribution is 2.14. The van der Waals surface area contributed by atoms with E-state index >= 15 is 0 Å². The maximum Gasteiger partial charge on any atom is 0.287 e. The Bertz CT molecular complexity index is 455. The molecule has 0 unspecified atom stereocenters. The van der Waals surface area contributed by atoms with Crippen LogP contribution in [0.5, 0.6) is 0 Å². The molecule has 2 rings (SSSR count). The first-order valence-electron chi connectivity index (χ1n) is 6.07. The maximum atomic E-state index is 11.6. The van der Waals surface area contributed by atoms with Crippen LogP contribution < -0.4 is 16.2 Å². The van der Waals surface area contributed by atoms with E-state index in [0.717, 1.165) is 39.3 Å². The Balaban J connectivity index is 1.86. The third kappa shape index (κ3) is 3.22. The van der Waals surface area contributed by atoms with E-state index in [-0.39, 0.29) is 10.6 Å². The van der Waals surface area contributed by atoms with Gasteiger partial charge in [0.15, 0.2) is 0 Å². The highest BCUT2D eigenvalue weighted by molar-refractivity contribution is 6.32. The fourth-order valence-electron chi connectivity index (χ4n) is 1.92. The molecule has 1 aliphatic heterocycles. The predicted octanol–water partition coefficient (Wildman–Crippen LogP) is -0.249. The zero-order valence-corrected chi connectivity index (χ0v) is 11.2.